The Morgan fingerprint density at radius 2 is 1.82 bits per heavy atom. The van der Waals surface area contributed by atoms with Crippen LogP contribution in [0.25, 0.3) is 0 Å². The van der Waals surface area contributed by atoms with Crippen molar-refractivity contribution in [1.29, 1.82) is 0 Å². The van der Waals surface area contributed by atoms with E-state index in [1.54, 1.807) is 16.7 Å². The molecule has 1 N–H and O–H groups in total. The van der Waals surface area contributed by atoms with Crippen molar-refractivity contribution in [1.82, 2.24) is 15.1 Å². The third-order valence-corrected chi connectivity index (χ3v) is 4.59. The van der Waals surface area contributed by atoms with Gasteiger partial charge >= 0.3 is 0 Å². The average Bonchev–Trinajstić information content (AvgIpc) is 2.81. The fraction of sp³-hybridized carbons (Fsp3) is 0.875. The van der Waals surface area contributed by atoms with E-state index in [-0.39, 0.29) is 23.3 Å². The second-order valence-electron chi connectivity index (χ2n) is 8.16. The number of amides is 2. The van der Waals surface area contributed by atoms with Crippen molar-refractivity contribution in [3.05, 3.63) is 0 Å². The van der Waals surface area contributed by atoms with Crippen molar-refractivity contribution in [3.63, 3.8) is 0 Å². The van der Waals surface area contributed by atoms with Crippen LogP contribution in [0.1, 0.15) is 34.6 Å². The van der Waals surface area contributed by atoms with E-state index in [1.165, 1.54) is 0 Å². The molecule has 1 atom stereocenters. The largest absolute Gasteiger partial charge is 0.354 e. The Morgan fingerprint density at radius 3 is 2.32 bits per heavy atom. The SMILES string of the molecule is CN(C)CC(C)(C)CNC(=O)C1CSCN1C(=O)C(C)(C)C. The maximum absolute atomic E-state index is 12.5. The second kappa shape index (κ2) is 7.21. The number of hydrogen-bond donors (Lipinski definition) is 1. The van der Waals surface area contributed by atoms with Crippen molar-refractivity contribution in [3.8, 4) is 0 Å². The molecular formula is C16H31N3O2S. The van der Waals surface area contributed by atoms with Crippen LogP contribution in [0.4, 0.5) is 0 Å². The van der Waals surface area contributed by atoms with Gasteiger partial charge in [-0.2, -0.15) is 0 Å². The fourth-order valence-electron chi connectivity index (χ4n) is 2.65. The van der Waals surface area contributed by atoms with Gasteiger partial charge in [-0.3, -0.25) is 9.59 Å². The Bertz CT molecular complexity index is 416. The summed E-state index contributed by atoms with van der Waals surface area (Å²) in [5.41, 5.74) is -0.447. The van der Waals surface area contributed by atoms with Gasteiger partial charge in [0.15, 0.2) is 0 Å². The standard InChI is InChI=1S/C16H31N3O2S/c1-15(2,3)14(21)19-11-22-8-12(19)13(20)17-9-16(4,5)10-18(6)7/h12H,8-11H2,1-7H3,(H,17,20). The van der Waals surface area contributed by atoms with E-state index in [2.05, 4.69) is 24.1 Å². The Labute approximate surface area is 139 Å². The molecule has 0 aromatic heterocycles. The fourth-order valence-corrected chi connectivity index (χ4v) is 3.80. The summed E-state index contributed by atoms with van der Waals surface area (Å²) in [6, 6.07) is -0.341. The summed E-state index contributed by atoms with van der Waals surface area (Å²) in [5, 5.41) is 3.03. The zero-order valence-electron chi connectivity index (χ0n) is 15.0. The monoisotopic (exact) mass is 329 g/mol. The molecule has 1 fully saturated rings. The van der Waals surface area contributed by atoms with E-state index < -0.39 is 5.41 Å². The molecule has 0 bridgehead atoms. The Hall–Kier alpha value is -0.750. The van der Waals surface area contributed by atoms with Crippen LogP contribution < -0.4 is 5.32 Å². The first kappa shape index (κ1) is 19.3. The number of rotatable bonds is 5. The zero-order chi connectivity index (χ0) is 17.1. The van der Waals surface area contributed by atoms with E-state index in [1.807, 2.05) is 34.9 Å². The number of nitrogens with one attached hydrogen (secondary N) is 1. The van der Waals surface area contributed by atoms with E-state index in [4.69, 9.17) is 0 Å². The summed E-state index contributed by atoms with van der Waals surface area (Å²) < 4.78 is 0. The lowest BCUT2D eigenvalue weighted by Crippen LogP contribution is -2.52. The number of hydrogen-bond acceptors (Lipinski definition) is 4. The molecule has 0 radical (unpaired) electrons. The third kappa shape index (κ3) is 5.47. The molecule has 0 saturated carbocycles. The van der Waals surface area contributed by atoms with Crippen LogP contribution in [0, 0.1) is 10.8 Å². The van der Waals surface area contributed by atoms with Gasteiger partial charge in [-0.1, -0.05) is 34.6 Å². The van der Waals surface area contributed by atoms with E-state index in [0.29, 0.717) is 18.2 Å². The Kier molecular flexibility index (Phi) is 6.33. The lowest BCUT2D eigenvalue weighted by Gasteiger charge is -2.32. The zero-order valence-corrected chi connectivity index (χ0v) is 15.8. The van der Waals surface area contributed by atoms with Gasteiger partial charge in [0, 0.05) is 24.3 Å². The van der Waals surface area contributed by atoms with Gasteiger partial charge in [0.2, 0.25) is 11.8 Å². The number of nitrogens with zero attached hydrogens (tertiary/aromatic N) is 2. The number of carbonyl (C=O) groups is 2. The normalized spacial score (nSPS) is 19.6. The van der Waals surface area contributed by atoms with Crippen LogP contribution >= 0.6 is 11.8 Å². The molecule has 0 aliphatic carbocycles. The van der Waals surface area contributed by atoms with Crippen LogP contribution in [0.2, 0.25) is 0 Å². The highest BCUT2D eigenvalue weighted by atomic mass is 32.2. The quantitative estimate of drug-likeness (QED) is 0.833. The van der Waals surface area contributed by atoms with Crippen molar-refractivity contribution < 1.29 is 9.59 Å². The first-order valence-corrected chi connectivity index (χ1v) is 8.91. The number of thioether (sulfide) groups is 1. The van der Waals surface area contributed by atoms with Crippen molar-refractivity contribution >= 4 is 23.6 Å². The summed E-state index contributed by atoms with van der Waals surface area (Å²) >= 11 is 1.64. The van der Waals surface area contributed by atoms with Gasteiger partial charge in [0.05, 0.1) is 5.88 Å². The van der Waals surface area contributed by atoms with Gasteiger partial charge < -0.3 is 15.1 Å². The van der Waals surface area contributed by atoms with Crippen molar-refractivity contribution in [2.45, 2.75) is 40.7 Å². The molecule has 1 saturated heterocycles. The highest BCUT2D eigenvalue weighted by Gasteiger charge is 2.39. The van der Waals surface area contributed by atoms with Crippen LogP contribution in [0.3, 0.4) is 0 Å². The van der Waals surface area contributed by atoms with Gasteiger partial charge in [-0.05, 0) is 19.5 Å². The minimum Gasteiger partial charge on any atom is -0.354 e. The van der Waals surface area contributed by atoms with Crippen LogP contribution in [-0.4, -0.2) is 66.5 Å². The molecule has 0 spiro atoms. The lowest BCUT2D eigenvalue weighted by atomic mass is 9.92. The van der Waals surface area contributed by atoms with E-state index >= 15 is 0 Å². The Balaban J connectivity index is 2.63. The summed E-state index contributed by atoms with van der Waals surface area (Å²) in [6.07, 6.45) is 0. The molecule has 1 aliphatic heterocycles. The van der Waals surface area contributed by atoms with Gasteiger partial charge in [-0.15, -0.1) is 11.8 Å². The maximum atomic E-state index is 12.5. The molecule has 1 unspecified atom stereocenters. The maximum Gasteiger partial charge on any atom is 0.243 e. The number of carbonyl (C=O) groups excluding carboxylic acids is 2. The summed E-state index contributed by atoms with van der Waals surface area (Å²) in [7, 11) is 4.06. The first-order chi connectivity index (χ1) is 9.94. The van der Waals surface area contributed by atoms with Crippen molar-refractivity contribution in [2.24, 2.45) is 10.8 Å². The van der Waals surface area contributed by atoms with E-state index in [9.17, 15) is 9.59 Å². The minimum absolute atomic E-state index is 0.00374. The molecule has 1 rings (SSSR count). The lowest BCUT2D eigenvalue weighted by molar-refractivity contribution is -0.144. The van der Waals surface area contributed by atoms with Gasteiger partial charge in [0.1, 0.15) is 6.04 Å². The topological polar surface area (TPSA) is 52.7 Å². The Morgan fingerprint density at radius 1 is 1.23 bits per heavy atom. The summed E-state index contributed by atoms with van der Waals surface area (Å²) in [4.78, 5) is 28.8. The molecule has 22 heavy (non-hydrogen) atoms. The molecule has 1 aliphatic rings. The van der Waals surface area contributed by atoms with Crippen LogP contribution in [0.5, 0.6) is 0 Å². The predicted molar refractivity (Wildman–Crippen MR) is 92.8 cm³/mol. The first-order valence-electron chi connectivity index (χ1n) is 7.75. The second-order valence-corrected chi connectivity index (χ2v) is 9.16. The summed E-state index contributed by atoms with van der Waals surface area (Å²) in [5.74, 6) is 1.30. The third-order valence-electron chi connectivity index (χ3n) is 3.57. The van der Waals surface area contributed by atoms with E-state index in [0.717, 1.165) is 6.54 Å². The molecule has 5 nitrogen and oxygen atoms in total. The molecule has 2 amide bonds. The highest BCUT2D eigenvalue weighted by Crippen LogP contribution is 2.27. The summed E-state index contributed by atoms with van der Waals surface area (Å²) in [6.45, 7) is 11.5. The molecule has 128 valence electrons. The molecule has 0 aromatic rings. The predicted octanol–water partition coefficient (Wildman–Crippen LogP) is 1.64. The average molecular weight is 330 g/mol. The highest BCUT2D eigenvalue weighted by molar-refractivity contribution is 7.99. The smallest absolute Gasteiger partial charge is 0.243 e. The van der Waals surface area contributed by atoms with Gasteiger partial charge in [0.25, 0.3) is 0 Å². The van der Waals surface area contributed by atoms with Crippen molar-refractivity contribution in [2.75, 3.05) is 38.8 Å². The van der Waals surface area contributed by atoms with Gasteiger partial charge in [-0.25, -0.2) is 0 Å². The minimum atomic E-state index is -0.451. The van der Waals surface area contributed by atoms with Crippen LogP contribution in [-0.2, 0) is 9.59 Å². The molecule has 1 heterocycles. The molecule has 6 heteroatoms. The molecule has 0 aromatic carbocycles. The molecular weight excluding hydrogens is 298 g/mol. The van der Waals surface area contributed by atoms with Crippen LogP contribution in [0.15, 0.2) is 0 Å².